The minimum absolute atomic E-state index is 0.0888. The molecule has 26 heavy (non-hydrogen) atoms. The molecule has 0 aromatic heterocycles. The van der Waals surface area contributed by atoms with Crippen LogP contribution in [0.1, 0.15) is 71.9 Å². The van der Waals surface area contributed by atoms with Crippen molar-refractivity contribution >= 4 is 11.6 Å². The van der Waals surface area contributed by atoms with Crippen molar-refractivity contribution in [2.75, 3.05) is 11.9 Å². The van der Waals surface area contributed by atoms with E-state index >= 15 is 0 Å². The molecular formula is C22H37NO3. The molecule has 1 amide bonds. The van der Waals surface area contributed by atoms with Crippen LogP contribution in [0.3, 0.4) is 0 Å². The third-order valence-corrected chi connectivity index (χ3v) is 4.51. The molecule has 0 aliphatic rings. The van der Waals surface area contributed by atoms with Crippen LogP contribution >= 0.6 is 0 Å². The number of anilines is 1. The first-order valence-electron chi connectivity index (χ1n) is 9.86. The van der Waals surface area contributed by atoms with Crippen molar-refractivity contribution in [1.82, 2.24) is 0 Å². The molecule has 2 atom stereocenters. The summed E-state index contributed by atoms with van der Waals surface area (Å²) in [6.45, 7) is 16.9. The lowest BCUT2D eigenvalue weighted by atomic mass is 9.92. The van der Waals surface area contributed by atoms with E-state index in [2.05, 4.69) is 39.9 Å². The van der Waals surface area contributed by atoms with Crippen LogP contribution in [-0.4, -0.2) is 24.2 Å². The summed E-state index contributed by atoms with van der Waals surface area (Å²) < 4.78 is 12.0. The fourth-order valence-electron chi connectivity index (χ4n) is 3.08. The van der Waals surface area contributed by atoms with Crippen molar-refractivity contribution in [3.8, 4) is 5.75 Å². The summed E-state index contributed by atoms with van der Waals surface area (Å²) in [4.78, 5) is 12.9. The van der Waals surface area contributed by atoms with E-state index in [1.54, 1.807) is 0 Å². The molecule has 1 aromatic rings. The number of amides is 1. The third kappa shape index (κ3) is 6.31. The van der Waals surface area contributed by atoms with E-state index in [4.69, 9.17) is 9.47 Å². The van der Waals surface area contributed by atoms with Gasteiger partial charge in [0.15, 0.2) is 0 Å². The van der Waals surface area contributed by atoms with Gasteiger partial charge in [-0.25, -0.2) is 0 Å². The number of benzene rings is 1. The standard InChI is InChI=1S/C22H37NO3/c1-9-11-25-22(8,14-15(3)4)21(24)23-19-12-16(5)20(17(6)13-19)26-18(7)10-2/h12-13,15,18H,9-11,14H2,1-8H3,(H,23,24)/t18-,22+/m1/s1. The second-order valence-electron chi connectivity index (χ2n) is 7.91. The van der Waals surface area contributed by atoms with Gasteiger partial charge in [-0.3, -0.25) is 4.79 Å². The van der Waals surface area contributed by atoms with Crippen molar-refractivity contribution in [1.29, 1.82) is 0 Å². The van der Waals surface area contributed by atoms with Gasteiger partial charge in [0.2, 0.25) is 0 Å². The van der Waals surface area contributed by atoms with E-state index in [-0.39, 0.29) is 12.0 Å². The van der Waals surface area contributed by atoms with Crippen LogP contribution in [0.25, 0.3) is 0 Å². The van der Waals surface area contributed by atoms with Crippen molar-refractivity contribution in [3.63, 3.8) is 0 Å². The summed E-state index contributed by atoms with van der Waals surface area (Å²) in [5.41, 5.74) is 2.02. The number of hydrogen-bond acceptors (Lipinski definition) is 3. The van der Waals surface area contributed by atoms with Gasteiger partial charge in [0.05, 0.1) is 6.10 Å². The monoisotopic (exact) mass is 363 g/mol. The Bertz CT molecular complexity index is 574. The molecular weight excluding hydrogens is 326 g/mol. The maximum Gasteiger partial charge on any atom is 0.256 e. The first-order valence-corrected chi connectivity index (χ1v) is 9.86. The van der Waals surface area contributed by atoms with Crippen molar-refractivity contribution in [3.05, 3.63) is 23.3 Å². The third-order valence-electron chi connectivity index (χ3n) is 4.51. The van der Waals surface area contributed by atoms with Crippen LogP contribution in [-0.2, 0) is 9.53 Å². The van der Waals surface area contributed by atoms with Gasteiger partial charge in [-0.15, -0.1) is 0 Å². The zero-order valence-electron chi connectivity index (χ0n) is 17.9. The molecule has 4 heteroatoms. The summed E-state index contributed by atoms with van der Waals surface area (Å²) in [7, 11) is 0. The molecule has 0 radical (unpaired) electrons. The highest BCUT2D eigenvalue weighted by atomic mass is 16.5. The van der Waals surface area contributed by atoms with Crippen LogP contribution in [0.5, 0.6) is 5.75 Å². The Kier molecular flexibility index (Phi) is 8.61. The highest BCUT2D eigenvalue weighted by molar-refractivity contribution is 5.97. The molecule has 4 nitrogen and oxygen atoms in total. The van der Waals surface area contributed by atoms with Gasteiger partial charge in [-0.1, -0.05) is 27.7 Å². The van der Waals surface area contributed by atoms with E-state index in [1.807, 2.05) is 32.9 Å². The highest BCUT2D eigenvalue weighted by Crippen LogP contribution is 2.30. The molecule has 148 valence electrons. The predicted octanol–water partition coefficient (Wildman–Crippen LogP) is 5.65. The predicted molar refractivity (Wildman–Crippen MR) is 109 cm³/mol. The second-order valence-corrected chi connectivity index (χ2v) is 7.91. The Morgan fingerprint density at radius 3 is 2.19 bits per heavy atom. The van der Waals surface area contributed by atoms with E-state index < -0.39 is 5.60 Å². The molecule has 1 aromatic carbocycles. The fraction of sp³-hybridized carbons (Fsp3) is 0.682. The number of carbonyl (C=O) groups is 1. The number of nitrogens with one attached hydrogen (secondary N) is 1. The topological polar surface area (TPSA) is 47.6 Å². The molecule has 0 fully saturated rings. The van der Waals surface area contributed by atoms with E-state index in [0.29, 0.717) is 18.9 Å². The van der Waals surface area contributed by atoms with Gasteiger partial charge in [-0.2, -0.15) is 0 Å². The van der Waals surface area contributed by atoms with Gasteiger partial charge in [0.1, 0.15) is 11.4 Å². The molecule has 0 spiro atoms. The van der Waals surface area contributed by atoms with Gasteiger partial charge < -0.3 is 14.8 Å². The Hall–Kier alpha value is -1.55. The Balaban J connectivity index is 2.99. The number of aryl methyl sites for hydroxylation is 2. The van der Waals surface area contributed by atoms with Crippen molar-refractivity contribution in [2.24, 2.45) is 5.92 Å². The average Bonchev–Trinajstić information content (AvgIpc) is 2.55. The fourth-order valence-corrected chi connectivity index (χ4v) is 3.08. The molecule has 0 aliphatic carbocycles. The van der Waals surface area contributed by atoms with Crippen molar-refractivity contribution < 1.29 is 14.3 Å². The Morgan fingerprint density at radius 2 is 1.73 bits per heavy atom. The smallest absolute Gasteiger partial charge is 0.256 e. The lowest BCUT2D eigenvalue weighted by Crippen LogP contribution is -2.44. The Labute approximate surface area is 159 Å². The zero-order chi connectivity index (χ0) is 19.9. The normalized spacial score (nSPS) is 14.8. The maximum absolute atomic E-state index is 12.9. The maximum atomic E-state index is 12.9. The van der Waals surface area contributed by atoms with Crippen LogP contribution in [0.15, 0.2) is 12.1 Å². The largest absolute Gasteiger partial charge is 0.490 e. The Morgan fingerprint density at radius 1 is 1.15 bits per heavy atom. The summed E-state index contributed by atoms with van der Waals surface area (Å²) in [5, 5.41) is 3.05. The summed E-state index contributed by atoms with van der Waals surface area (Å²) >= 11 is 0. The molecule has 1 N–H and O–H groups in total. The molecule has 0 saturated carbocycles. The van der Waals surface area contributed by atoms with E-state index in [9.17, 15) is 4.79 Å². The quantitative estimate of drug-likeness (QED) is 0.584. The molecule has 0 unspecified atom stereocenters. The SMILES string of the molecule is CCCO[C@@](C)(CC(C)C)C(=O)Nc1cc(C)c(O[C@H](C)CC)c(C)c1. The van der Waals surface area contributed by atoms with Gasteiger partial charge >= 0.3 is 0 Å². The molecule has 0 saturated heterocycles. The van der Waals surface area contributed by atoms with Gasteiger partial charge in [0.25, 0.3) is 5.91 Å². The lowest BCUT2D eigenvalue weighted by molar-refractivity contribution is -0.141. The number of carbonyl (C=O) groups excluding carboxylic acids is 1. The zero-order valence-corrected chi connectivity index (χ0v) is 17.9. The van der Waals surface area contributed by atoms with E-state index in [0.717, 1.165) is 35.4 Å². The van der Waals surface area contributed by atoms with Gasteiger partial charge in [-0.05, 0) is 76.1 Å². The molecule has 0 aliphatic heterocycles. The summed E-state index contributed by atoms with van der Waals surface area (Å²) in [6, 6.07) is 3.94. The van der Waals surface area contributed by atoms with Crippen LogP contribution in [0, 0.1) is 19.8 Å². The van der Waals surface area contributed by atoms with Crippen LogP contribution < -0.4 is 10.1 Å². The van der Waals surface area contributed by atoms with Crippen molar-refractivity contribution in [2.45, 2.75) is 86.4 Å². The average molecular weight is 364 g/mol. The summed E-state index contributed by atoms with van der Waals surface area (Å²) in [5.74, 6) is 1.19. The number of hydrogen-bond donors (Lipinski definition) is 1. The molecule has 0 heterocycles. The van der Waals surface area contributed by atoms with Crippen LogP contribution in [0.4, 0.5) is 5.69 Å². The molecule has 0 bridgehead atoms. The van der Waals surface area contributed by atoms with Gasteiger partial charge in [0, 0.05) is 12.3 Å². The summed E-state index contributed by atoms with van der Waals surface area (Å²) in [6.07, 6.45) is 2.71. The highest BCUT2D eigenvalue weighted by Gasteiger charge is 2.35. The van der Waals surface area contributed by atoms with Crippen LogP contribution in [0.2, 0.25) is 0 Å². The van der Waals surface area contributed by atoms with E-state index in [1.165, 1.54) is 0 Å². The lowest BCUT2D eigenvalue weighted by Gasteiger charge is -2.30. The second kappa shape index (κ2) is 9.96. The minimum Gasteiger partial charge on any atom is -0.490 e. The number of ether oxygens (including phenoxy) is 2. The number of rotatable bonds is 10. The minimum atomic E-state index is -0.822. The first-order chi connectivity index (χ1) is 12.1. The first kappa shape index (κ1) is 22.5. The molecule has 1 rings (SSSR count).